The highest BCUT2D eigenvalue weighted by Gasteiger charge is 2.67. The number of esters is 2. The van der Waals surface area contributed by atoms with Crippen molar-refractivity contribution in [2.24, 2.45) is 11.3 Å². The van der Waals surface area contributed by atoms with E-state index in [4.69, 9.17) is 14.2 Å². The molecule has 0 radical (unpaired) electrons. The molecule has 5 rings (SSSR count). The van der Waals surface area contributed by atoms with E-state index in [-0.39, 0.29) is 18.6 Å². The summed E-state index contributed by atoms with van der Waals surface area (Å²) in [4.78, 5) is 40.7. The number of allylic oxidation sites excluding steroid dienone is 1. The van der Waals surface area contributed by atoms with Gasteiger partial charge in [-0.1, -0.05) is 91.0 Å². The molecular weight excluding hydrogens is 480 g/mol. The molecule has 3 atom stereocenters. The molecule has 1 aliphatic carbocycles. The van der Waals surface area contributed by atoms with E-state index in [2.05, 4.69) is 0 Å². The predicted octanol–water partition coefficient (Wildman–Crippen LogP) is 5.60. The molecule has 1 fully saturated rings. The van der Waals surface area contributed by atoms with Gasteiger partial charge in [-0.15, -0.1) is 0 Å². The molecule has 38 heavy (non-hydrogen) atoms. The highest BCUT2D eigenvalue weighted by molar-refractivity contribution is 6.14. The third-order valence-electron chi connectivity index (χ3n) is 7.93. The zero-order chi connectivity index (χ0) is 26.9. The monoisotopic (exact) mass is 510 g/mol. The van der Waals surface area contributed by atoms with Gasteiger partial charge < -0.3 is 14.2 Å². The Bertz CT molecular complexity index is 1360. The number of rotatable bonds is 6. The van der Waals surface area contributed by atoms with Crippen LogP contribution in [-0.4, -0.2) is 37.5 Å². The average molecular weight is 511 g/mol. The zero-order valence-corrected chi connectivity index (χ0v) is 21.7. The molecule has 6 heteroatoms. The molecule has 2 aliphatic rings. The normalized spacial score (nSPS) is 23.7. The summed E-state index contributed by atoms with van der Waals surface area (Å²) < 4.78 is 17.0. The first kappa shape index (κ1) is 25.5. The van der Waals surface area contributed by atoms with E-state index in [9.17, 15) is 14.4 Å². The van der Waals surface area contributed by atoms with E-state index in [1.165, 1.54) is 14.2 Å². The quantitative estimate of drug-likeness (QED) is 0.244. The van der Waals surface area contributed by atoms with E-state index in [0.29, 0.717) is 16.9 Å². The molecule has 0 spiro atoms. The molecule has 0 unspecified atom stereocenters. The largest absolute Gasteiger partial charge is 0.486 e. The van der Waals surface area contributed by atoms with Crippen LogP contribution in [0.5, 0.6) is 0 Å². The van der Waals surface area contributed by atoms with Crippen LogP contribution in [0.2, 0.25) is 0 Å². The Kier molecular flexibility index (Phi) is 6.66. The highest BCUT2D eigenvalue weighted by atomic mass is 16.5. The van der Waals surface area contributed by atoms with Gasteiger partial charge in [0, 0.05) is 29.4 Å². The predicted molar refractivity (Wildman–Crippen MR) is 142 cm³/mol. The number of Topliss-reactive ketones (excluding diaryl/α,β-unsaturated/α-hetero) is 1. The maximum atomic E-state index is 14.3. The Morgan fingerprint density at radius 3 is 1.87 bits per heavy atom. The summed E-state index contributed by atoms with van der Waals surface area (Å²) in [5.74, 6) is -1.86. The smallest absolute Gasteiger partial charge is 0.323 e. The lowest BCUT2D eigenvalue weighted by molar-refractivity contribution is -0.169. The first-order chi connectivity index (χ1) is 18.3. The van der Waals surface area contributed by atoms with Crippen LogP contribution in [0.1, 0.15) is 47.2 Å². The van der Waals surface area contributed by atoms with E-state index < -0.39 is 34.8 Å². The van der Waals surface area contributed by atoms with Gasteiger partial charge >= 0.3 is 11.9 Å². The number of fused-ring (bicyclic) bond motifs is 1. The molecule has 0 saturated heterocycles. The van der Waals surface area contributed by atoms with Crippen LogP contribution >= 0.6 is 0 Å². The van der Waals surface area contributed by atoms with E-state index >= 15 is 0 Å². The van der Waals surface area contributed by atoms with E-state index in [0.717, 1.165) is 11.1 Å². The van der Waals surface area contributed by atoms with Crippen molar-refractivity contribution in [1.82, 2.24) is 0 Å². The van der Waals surface area contributed by atoms with Crippen molar-refractivity contribution in [3.63, 3.8) is 0 Å². The van der Waals surface area contributed by atoms with Crippen LogP contribution in [0.25, 0.3) is 5.76 Å². The van der Waals surface area contributed by atoms with Crippen molar-refractivity contribution in [2.75, 3.05) is 14.2 Å². The molecule has 6 nitrogen and oxygen atoms in total. The van der Waals surface area contributed by atoms with Crippen molar-refractivity contribution in [3.8, 4) is 0 Å². The third kappa shape index (κ3) is 4.10. The van der Waals surface area contributed by atoms with Gasteiger partial charge in [-0.2, -0.15) is 0 Å². The molecule has 1 heterocycles. The maximum absolute atomic E-state index is 14.3. The summed E-state index contributed by atoms with van der Waals surface area (Å²) in [6, 6.07) is 28.3. The van der Waals surface area contributed by atoms with Gasteiger partial charge in [-0.25, -0.2) is 0 Å². The molecule has 194 valence electrons. The third-order valence-corrected chi connectivity index (χ3v) is 7.93. The topological polar surface area (TPSA) is 78.9 Å². The number of hydrogen-bond acceptors (Lipinski definition) is 6. The van der Waals surface area contributed by atoms with Crippen molar-refractivity contribution in [2.45, 2.75) is 31.3 Å². The molecular formula is C32H30O6. The first-order valence-electron chi connectivity index (χ1n) is 12.6. The second-order valence-corrected chi connectivity index (χ2v) is 10.2. The maximum Gasteiger partial charge on any atom is 0.323 e. The van der Waals surface area contributed by atoms with Crippen LogP contribution < -0.4 is 0 Å². The fraction of sp³-hybridized carbons (Fsp3) is 0.281. The van der Waals surface area contributed by atoms with Crippen LogP contribution in [0, 0.1) is 11.3 Å². The van der Waals surface area contributed by atoms with Crippen LogP contribution in [0.3, 0.4) is 0 Å². The zero-order valence-electron chi connectivity index (χ0n) is 21.7. The van der Waals surface area contributed by atoms with Crippen LogP contribution in [-0.2, 0) is 23.8 Å². The second-order valence-electron chi connectivity index (χ2n) is 10.2. The van der Waals surface area contributed by atoms with Gasteiger partial charge in [0.2, 0.25) is 0 Å². The molecule has 0 aromatic heterocycles. The van der Waals surface area contributed by atoms with Gasteiger partial charge in [-0.05, 0) is 18.9 Å². The standard InChI is InChI=1S/C32H30O6/c1-31-20-32(29(34)36-2,30(35)37-3)19-24(31)25(21-13-7-4-8-14-21)26(27(33)22-15-9-5-10-16-22)28(38-31)23-17-11-6-12-18-23/h4-18,24-25H,19-20H2,1-3H3/t24-,25+,31-/m1/s1. The van der Waals surface area contributed by atoms with Crippen molar-refractivity contribution >= 4 is 23.5 Å². The Hall–Kier alpha value is -4.19. The lowest BCUT2D eigenvalue weighted by Gasteiger charge is -2.44. The molecule has 0 bridgehead atoms. The minimum absolute atomic E-state index is 0.0660. The van der Waals surface area contributed by atoms with Gasteiger partial charge in [0.05, 0.1) is 19.8 Å². The van der Waals surface area contributed by atoms with Crippen LogP contribution in [0.15, 0.2) is 96.6 Å². The molecule has 0 N–H and O–H groups in total. The van der Waals surface area contributed by atoms with Crippen molar-refractivity contribution in [3.05, 3.63) is 113 Å². The van der Waals surface area contributed by atoms with Crippen LogP contribution in [0.4, 0.5) is 0 Å². The van der Waals surface area contributed by atoms with Crippen molar-refractivity contribution < 1.29 is 28.6 Å². The lowest BCUT2D eigenvalue weighted by atomic mass is 9.69. The number of benzene rings is 3. The summed E-state index contributed by atoms with van der Waals surface area (Å²) in [6.07, 6.45) is 0.187. The summed E-state index contributed by atoms with van der Waals surface area (Å²) in [5.41, 5.74) is 0.180. The lowest BCUT2D eigenvalue weighted by Crippen LogP contribution is -2.43. The fourth-order valence-corrected chi connectivity index (χ4v) is 6.24. The summed E-state index contributed by atoms with van der Waals surface area (Å²) in [7, 11) is 2.54. The molecule has 1 saturated carbocycles. The number of ether oxygens (including phenoxy) is 3. The fourth-order valence-electron chi connectivity index (χ4n) is 6.24. The van der Waals surface area contributed by atoms with E-state index in [1.807, 2.05) is 85.8 Å². The minimum atomic E-state index is -1.55. The Morgan fingerprint density at radius 2 is 1.32 bits per heavy atom. The SMILES string of the molecule is COC(=O)C1(C(=O)OC)C[C@@H]2[C@H](c3ccccc3)C(C(=O)c3ccccc3)=C(c3ccccc3)O[C@]2(C)C1. The minimum Gasteiger partial charge on any atom is -0.486 e. The van der Waals surface area contributed by atoms with Gasteiger partial charge in [-0.3, -0.25) is 14.4 Å². The number of ketones is 1. The second kappa shape index (κ2) is 9.93. The number of methoxy groups -OCH3 is 2. The van der Waals surface area contributed by atoms with Gasteiger partial charge in [0.1, 0.15) is 11.4 Å². The average Bonchev–Trinajstić information content (AvgIpc) is 3.30. The molecule has 3 aromatic carbocycles. The number of carbonyl (C=O) groups is 3. The molecule has 0 amide bonds. The van der Waals surface area contributed by atoms with Crippen molar-refractivity contribution in [1.29, 1.82) is 0 Å². The first-order valence-corrected chi connectivity index (χ1v) is 12.6. The summed E-state index contributed by atoms with van der Waals surface area (Å²) >= 11 is 0. The highest BCUT2D eigenvalue weighted by Crippen LogP contribution is 2.61. The number of carbonyl (C=O) groups excluding carboxylic acids is 3. The van der Waals surface area contributed by atoms with Gasteiger partial charge in [0.25, 0.3) is 0 Å². The summed E-state index contributed by atoms with van der Waals surface area (Å²) in [5, 5.41) is 0. The molecule has 3 aromatic rings. The van der Waals surface area contributed by atoms with Gasteiger partial charge in [0.15, 0.2) is 11.2 Å². The Labute approximate surface area is 222 Å². The van der Waals surface area contributed by atoms with E-state index in [1.54, 1.807) is 12.1 Å². The summed E-state index contributed by atoms with van der Waals surface area (Å²) in [6.45, 7) is 1.91. The Morgan fingerprint density at radius 1 is 0.789 bits per heavy atom. The Balaban J connectivity index is 1.78. The molecule has 1 aliphatic heterocycles. The number of hydrogen-bond donors (Lipinski definition) is 0.